The Balaban J connectivity index is 1.67. The number of hydrogen-bond acceptors (Lipinski definition) is 5. The first-order chi connectivity index (χ1) is 16.7. The molecule has 9 heteroatoms. The number of carbonyl (C=O) groups excluding carboxylic acids is 1. The zero-order valence-electron chi connectivity index (χ0n) is 19.5. The van der Waals surface area contributed by atoms with Crippen LogP contribution >= 0.6 is 0 Å². The molecule has 2 aromatic carbocycles. The molecular formula is C26H25FN4O3S. The van der Waals surface area contributed by atoms with E-state index in [2.05, 4.69) is 5.10 Å². The van der Waals surface area contributed by atoms with Gasteiger partial charge in [-0.2, -0.15) is 5.10 Å². The molecule has 1 saturated heterocycles. The molecule has 0 bridgehead atoms. The molecular weight excluding hydrogens is 467 g/mol. The summed E-state index contributed by atoms with van der Waals surface area (Å²) in [6.07, 6.45) is 0.418. The largest absolute Gasteiger partial charge is 0.337 e. The van der Waals surface area contributed by atoms with Crippen molar-refractivity contribution in [3.63, 3.8) is 0 Å². The first kappa shape index (κ1) is 23.2. The first-order valence-electron chi connectivity index (χ1n) is 11.4. The van der Waals surface area contributed by atoms with Crippen molar-refractivity contribution in [1.82, 2.24) is 19.7 Å². The van der Waals surface area contributed by atoms with E-state index in [4.69, 9.17) is 4.98 Å². The lowest BCUT2D eigenvalue weighted by atomic mass is 10.0. The van der Waals surface area contributed by atoms with Crippen molar-refractivity contribution in [3.05, 3.63) is 83.3 Å². The highest BCUT2D eigenvalue weighted by Crippen LogP contribution is 2.33. The zero-order valence-corrected chi connectivity index (χ0v) is 20.3. The molecule has 1 atom stereocenters. The van der Waals surface area contributed by atoms with Gasteiger partial charge in [0.15, 0.2) is 15.5 Å². The topological polar surface area (TPSA) is 85.2 Å². The summed E-state index contributed by atoms with van der Waals surface area (Å²) in [6.45, 7) is 2.17. The number of halogens is 1. The number of hydrogen-bond donors (Lipinski definition) is 0. The van der Waals surface area contributed by atoms with Crippen molar-refractivity contribution in [1.29, 1.82) is 0 Å². The van der Waals surface area contributed by atoms with Crippen molar-refractivity contribution in [2.24, 2.45) is 0 Å². The van der Waals surface area contributed by atoms with Crippen LogP contribution in [0.4, 0.5) is 4.39 Å². The second-order valence-electron chi connectivity index (χ2n) is 8.97. The predicted molar refractivity (Wildman–Crippen MR) is 132 cm³/mol. The molecule has 7 nitrogen and oxygen atoms in total. The first-order valence-corrected chi connectivity index (χ1v) is 13.2. The Morgan fingerprint density at radius 1 is 1.14 bits per heavy atom. The predicted octanol–water partition coefficient (Wildman–Crippen LogP) is 4.18. The Bertz CT molecular complexity index is 1530. The highest BCUT2D eigenvalue weighted by atomic mass is 32.2. The molecule has 0 aliphatic carbocycles. The van der Waals surface area contributed by atoms with E-state index in [1.54, 1.807) is 47.8 Å². The number of pyridine rings is 1. The van der Waals surface area contributed by atoms with Crippen LogP contribution in [0.2, 0.25) is 0 Å². The van der Waals surface area contributed by atoms with Gasteiger partial charge in [0.1, 0.15) is 5.82 Å². The molecule has 4 aromatic rings. The lowest BCUT2D eigenvalue weighted by molar-refractivity contribution is 0.0787. The third-order valence-corrected chi connectivity index (χ3v) is 8.13. The van der Waals surface area contributed by atoms with Crippen molar-refractivity contribution < 1.29 is 17.6 Å². The van der Waals surface area contributed by atoms with Gasteiger partial charge in [-0.05, 0) is 37.1 Å². The third kappa shape index (κ3) is 4.43. The molecule has 1 aliphatic rings. The monoisotopic (exact) mass is 492 g/mol. The Hall–Kier alpha value is -3.59. The molecule has 5 rings (SSSR count). The van der Waals surface area contributed by atoms with Crippen LogP contribution in [0, 0.1) is 12.7 Å². The maximum atomic E-state index is 14.7. The number of sulfone groups is 1. The van der Waals surface area contributed by atoms with Gasteiger partial charge in [0, 0.05) is 19.2 Å². The van der Waals surface area contributed by atoms with Gasteiger partial charge in [0.05, 0.1) is 39.9 Å². The fourth-order valence-corrected chi connectivity index (χ4v) is 6.34. The van der Waals surface area contributed by atoms with E-state index in [1.807, 2.05) is 30.3 Å². The number of nitrogens with zero attached hydrogens (tertiary/aromatic N) is 4. The van der Waals surface area contributed by atoms with E-state index in [0.29, 0.717) is 41.0 Å². The molecule has 1 unspecified atom stereocenters. The van der Waals surface area contributed by atoms with Crippen LogP contribution in [0.25, 0.3) is 22.3 Å². The highest BCUT2D eigenvalue weighted by Gasteiger charge is 2.33. The Labute approximate surface area is 203 Å². The summed E-state index contributed by atoms with van der Waals surface area (Å²) in [5.41, 5.74) is 2.87. The summed E-state index contributed by atoms with van der Waals surface area (Å²) in [4.78, 5) is 20.0. The maximum Gasteiger partial charge on any atom is 0.254 e. The van der Waals surface area contributed by atoms with Crippen LogP contribution < -0.4 is 0 Å². The van der Waals surface area contributed by atoms with Gasteiger partial charge in [0.2, 0.25) is 0 Å². The number of fused-ring (bicyclic) bond motifs is 1. The molecule has 1 aliphatic heterocycles. The molecule has 1 fully saturated rings. The van der Waals surface area contributed by atoms with Gasteiger partial charge in [-0.25, -0.2) is 22.5 Å². The molecule has 3 heterocycles. The molecule has 0 saturated carbocycles. The van der Waals surface area contributed by atoms with Crippen LogP contribution in [-0.4, -0.2) is 52.5 Å². The van der Waals surface area contributed by atoms with E-state index in [0.717, 1.165) is 5.56 Å². The van der Waals surface area contributed by atoms with Crippen LogP contribution in [0.3, 0.4) is 0 Å². The van der Waals surface area contributed by atoms with Crippen molar-refractivity contribution in [2.45, 2.75) is 25.9 Å². The number of rotatable bonds is 5. The van der Waals surface area contributed by atoms with Gasteiger partial charge < -0.3 is 4.90 Å². The van der Waals surface area contributed by atoms with Crippen molar-refractivity contribution >= 4 is 26.8 Å². The average molecular weight is 493 g/mol. The molecule has 180 valence electrons. The number of carbonyl (C=O) groups is 1. The Morgan fingerprint density at radius 3 is 2.54 bits per heavy atom. The number of aromatic nitrogens is 3. The lowest BCUT2D eigenvalue weighted by Gasteiger charge is -2.19. The zero-order chi connectivity index (χ0) is 24.7. The van der Waals surface area contributed by atoms with Gasteiger partial charge in [-0.1, -0.05) is 42.5 Å². The minimum absolute atomic E-state index is 0.0357. The minimum Gasteiger partial charge on any atom is -0.337 e. The van der Waals surface area contributed by atoms with Crippen LogP contribution in [0.15, 0.2) is 60.7 Å². The molecule has 0 spiro atoms. The second-order valence-corrected chi connectivity index (χ2v) is 11.2. The normalized spacial score (nSPS) is 17.1. The molecule has 0 N–H and O–H groups in total. The lowest BCUT2D eigenvalue weighted by Crippen LogP contribution is -2.26. The van der Waals surface area contributed by atoms with Crippen LogP contribution in [-0.2, 0) is 16.4 Å². The molecule has 1 amide bonds. The van der Waals surface area contributed by atoms with Crippen molar-refractivity contribution in [2.75, 3.05) is 18.6 Å². The summed E-state index contributed by atoms with van der Waals surface area (Å²) in [5.74, 6) is -0.662. The Morgan fingerprint density at radius 2 is 1.86 bits per heavy atom. The van der Waals surface area contributed by atoms with E-state index < -0.39 is 15.7 Å². The van der Waals surface area contributed by atoms with Gasteiger partial charge in [-0.3, -0.25) is 4.79 Å². The molecule has 0 radical (unpaired) electrons. The SMILES string of the molecule is Cc1nn(C2CCS(=O)(=O)C2)c2nc(-c3ccccc3F)cc(C(=O)N(C)Cc3ccccc3)c12. The molecule has 2 aromatic heterocycles. The van der Waals surface area contributed by atoms with Crippen LogP contribution in [0.1, 0.15) is 34.1 Å². The fraction of sp³-hybridized carbons (Fsp3) is 0.269. The summed E-state index contributed by atoms with van der Waals surface area (Å²) >= 11 is 0. The fourth-order valence-electron chi connectivity index (χ4n) is 4.65. The second kappa shape index (κ2) is 8.88. The van der Waals surface area contributed by atoms with E-state index in [9.17, 15) is 17.6 Å². The minimum atomic E-state index is -3.17. The van der Waals surface area contributed by atoms with E-state index >= 15 is 0 Å². The number of benzene rings is 2. The quantitative estimate of drug-likeness (QED) is 0.417. The maximum absolute atomic E-state index is 14.7. The summed E-state index contributed by atoms with van der Waals surface area (Å²) in [6, 6.07) is 17.1. The van der Waals surface area contributed by atoms with Gasteiger partial charge in [-0.15, -0.1) is 0 Å². The number of aryl methyl sites for hydroxylation is 1. The summed E-state index contributed by atoms with van der Waals surface area (Å²) in [7, 11) is -1.45. The summed E-state index contributed by atoms with van der Waals surface area (Å²) in [5, 5.41) is 5.16. The highest BCUT2D eigenvalue weighted by molar-refractivity contribution is 7.91. The smallest absolute Gasteiger partial charge is 0.254 e. The average Bonchev–Trinajstić information content (AvgIpc) is 3.37. The van der Waals surface area contributed by atoms with E-state index in [-0.39, 0.29) is 29.0 Å². The summed E-state index contributed by atoms with van der Waals surface area (Å²) < 4.78 is 40.6. The van der Waals surface area contributed by atoms with Gasteiger partial charge >= 0.3 is 0 Å². The standard InChI is InChI=1S/C26H25FN4O3S/c1-17-24-21(26(32)30(2)15-18-8-4-3-5-9-18)14-23(20-10-6-7-11-22(20)27)28-25(24)31(29-17)19-12-13-35(33,34)16-19/h3-11,14,19H,12-13,15-16H2,1-2H3. The number of amides is 1. The van der Waals surface area contributed by atoms with Crippen LogP contribution in [0.5, 0.6) is 0 Å². The van der Waals surface area contributed by atoms with Crippen molar-refractivity contribution in [3.8, 4) is 11.3 Å². The third-order valence-electron chi connectivity index (χ3n) is 6.38. The van der Waals surface area contributed by atoms with E-state index in [1.165, 1.54) is 6.07 Å². The Kier molecular flexibility index (Phi) is 5.88. The van der Waals surface area contributed by atoms with Gasteiger partial charge in [0.25, 0.3) is 5.91 Å². The molecule has 35 heavy (non-hydrogen) atoms.